The summed E-state index contributed by atoms with van der Waals surface area (Å²) in [5, 5.41) is 18.9. The summed E-state index contributed by atoms with van der Waals surface area (Å²) in [5.74, 6) is 0.168. The molecule has 0 radical (unpaired) electrons. The lowest BCUT2D eigenvalue weighted by Gasteiger charge is -2.30. The Labute approximate surface area is 160 Å². The molecule has 2 rings (SSSR count). The van der Waals surface area contributed by atoms with Crippen LogP contribution < -0.4 is 0 Å². The fraction of sp³-hybridized carbons (Fsp3) is 0.471. The van der Waals surface area contributed by atoms with Gasteiger partial charge in [-0.05, 0) is 30.9 Å². The van der Waals surface area contributed by atoms with E-state index in [9.17, 15) is 24.6 Å². The van der Waals surface area contributed by atoms with Crippen molar-refractivity contribution in [1.82, 2.24) is 9.80 Å². The van der Waals surface area contributed by atoms with Crippen LogP contribution in [0.25, 0.3) is 0 Å². The van der Waals surface area contributed by atoms with Crippen molar-refractivity contribution in [3.8, 4) is 11.5 Å². The highest BCUT2D eigenvalue weighted by molar-refractivity contribution is 8.13. The first-order valence-corrected chi connectivity index (χ1v) is 10.3. The van der Waals surface area contributed by atoms with Gasteiger partial charge in [-0.1, -0.05) is 18.7 Å². The number of carbonyl (C=O) groups is 3. The number of nitrogens with zero attached hydrogens (tertiary/aromatic N) is 2. The molecule has 1 aliphatic heterocycles. The molecule has 0 aliphatic carbocycles. The van der Waals surface area contributed by atoms with Gasteiger partial charge in [0.05, 0.1) is 5.88 Å². The molecular weight excluding hydrogens is 376 g/mol. The van der Waals surface area contributed by atoms with E-state index in [1.54, 1.807) is 6.92 Å². The summed E-state index contributed by atoms with van der Waals surface area (Å²) in [4.78, 5) is 40.4. The van der Waals surface area contributed by atoms with Crippen LogP contribution in [-0.2, 0) is 9.59 Å². The minimum atomic E-state index is -0.765. The normalized spacial score (nSPS) is 17.8. The van der Waals surface area contributed by atoms with Crippen LogP contribution in [0.1, 0.15) is 24.2 Å². The van der Waals surface area contributed by atoms with E-state index in [4.69, 9.17) is 0 Å². The quantitative estimate of drug-likeness (QED) is 0.729. The molecule has 7 nitrogen and oxygen atoms in total. The predicted octanol–water partition coefficient (Wildman–Crippen LogP) is 1.74. The van der Waals surface area contributed by atoms with Gasteiger partial charge in [0, 0.05) is 18.4 Å². The predicted molar refractivity (Wildman–Crippen MR) is 102 cm³/mol. The zero-order chi connectivity index (χ0) is 19.4. The van der Waals surface area contributed by atoms with Crippen LogP contribution in [0.5, 0.6) is 11.5 Å². The summed E-state index contributed by atoms with van der Waals surface area (Å²) in [6.45, 7) is 3.50. The Morgan fingerprint density at radius 3 is 2.65 bits per heavy atom. The molecule has 1 aromatic carbocycles. The largest absolute Gasteiger partial charge is 0.504 e. The zero-order valence-corrected chi connectivity index (χ0v) is 16.5. The highest BCUT2D eigenvalue weighted by atomic mass is 32.2. The Morgan fingerprint density at radius 2 is 2.04 bits per heavy atom. The van der Waals surface area contributed by atoms with Crippen LogP contribution >= 0.6 is 23.5 Å². The number of phenolic OH excluding ortho intramolecular Hbond substituents is 2. The van der Waals surface area contributed by atoms with Gasteiger partial charge in [0.15, 0.2) is 11.5 Å². The first-order chi connectivity index (χ1) is 12.3. The van der Waals surface area contributed by atoms with Crippen molar-refractivity contribution in [3.05, 3.63) is 23.8 Å². The maximum absolute atomic E-state index is 12.8. The van der Waals surface area contributed by atoms with Gasteiger partial charge in [0.2, 0.25) is 11.0 Å². The number of carbonyl (C=O) groups excluding carboxylic acids is 3. The molecular formula is C17H22N2O5S2. The van der Waals surface area contributed by atoms with Crippen molar-refractivity contribution in [2.45, 2.75) is 25.9 Å². The Kier molecular flexibility index (Phi) is 6.82. The van der Waals surface area contributed by atoms with Crippen molar-refractivity contribution in [2.75, 3.05) is 24.4 Å². The maximum atomic E-state index is 12.8. The number of likely N-dealkylation sites (N-methyl/N-ethyl adjacent to an activating group) is 1. The molecule has 0 saturated carbocycles. The van der Waals surface area contributed by atoms with Gasteiger partial charge in [0.25, 0.3) is 5.91 Å². The third kappa shape index (κ3) is 4.27. The molecule has 2 unspecified atom stereocenters. The second-order valence-electron chi connectivity index (χ2n) is 5.87. The highest BCUT2D eigenvalue weighted by Crippen LogP contribution is 2.28. The van der Waals surface area contributed by atoms with Crippen LogP contribution in [-0.4, -0.2) is 73.5 Å². The monoisotopic (exact) mass is 398 g/mol. The van der Waals surface area contributed by atoms with E-state index >= 15 is 0 Å². The van der Waals surface area contributed by atoms with Crippen molar-refractivity contribution in [1.29, 1.82) is 0 Å². The third-order valence-electron chi connectivity index (χ3n) is 4.21. The Hall–Kier alpha value is -1.87. The van der Waals surface area contributed by atoms with Gasteiger partial charge in [-0.15, -0.1) is 11.8 Å². The van der Waals surface area contributed by atoms with Gasteiger partial charge in [-0.3, -0.25) is 14.4 Å². The van der Waals surface area contributed by atoms with E-state index < -0.39 is 23.7 Å². The van der Waals surface area contributed by atoms with Crippen LogP contribution in [0.3, 0.4) is 0 Å². The van der Waals surface area contributed by atoms with Gasteiger partial charge in [-0.25, -0.2) is 0 Å². The smallest absolute Gasteiger partial charge is 0.254 e. The summed E-state index contributed by atoms with van der Waals surface area (Å²) in [5.41, 5.74) is 0.160. The van der Waals surface area contributed by atoms with Gasteiger partial charge in [-0.2, -0.15) is 0 Å². The molecule has 0 bridgehead atoms. The molecule has 1 heterocycles. The van der Waals surface area contributed by atoms with Crippen molar-refractivity contribution in [2.24, 2.45) is 0 Å². The van der Waals surface area contributed by atoms with E-state index in [0.717, 1.165) is 6.07 Å². The highest BCUT2D eigenvalue weighted by Gasteiger charge is 2.38. The van der Waals surface area contributed by atoms with Gasteiger partial charge < -0.3 is 20.0 Å². The minimum absolute atomic E-state index is 0.0320. The molecule has 1 aliphatic rings. The standard InChI is InChI=1S/C17H22N2O5S2/c1-4-26-17(24)12-8-25-9-19(12)15(22)10(2)18(3)16(23)11-5-6-13(20)14(21)7-11/h5-7,10,12,20-21H,4,8-9H2,1-3H3. The van der Waals surface area contributed by atoms with E-state index in [1.807, 2.05) is 6.92 Å². The number of rotatable bonds is 5. The van der Waals surface area contributed by atoms with E-state index in [1.165, 1.54) is 52.5 Å². The van der Waals surface area contributed by atoms with Gasteiger partial charge >= 0.3 is 0 Å². The van der Waals surface area contributed by atoms with E-state index in [-0.39, 0.29) is 22.3 Å². The molecule has 1 saturated heterocycles. The number of amides is 2. The summed E-state index contributed by atoms with van der Waals surface area (Å²) >= 11 is 2.71. The molecule has 2 amide bonds. The van der Waals surface area contributed by atoms with Gasteiger partial charge in [0.1, 0.15) is 12.1 Å². The van der Waals surface area contributed by atoms with E-state index in [2.05, 4.69) is 0 Å². The first kappa shape index (κ1) is 20.4. The average molecular weight is 399 g/mol. The van der Waals surface area contributed by atoms with Crippen LogP contribution in [0.4, 0.5) is 0 Å². The Bertz CT molecular complexity index is 712. The number of phenols is 2. The lowest BCUT2D eigenvalue weighted by Crippen LogP contribution is -2.51. The van der Waals surface area contributed by atoms with Crippen molar-refractivity contribution >= 4 is 40.5 Å². The molecule has 2 atom stereocenters. The molecule has 1 aromatic rings. The first-order valence-electron chi connectivity index (χ1n) is 8.11. The summed E-state index contributed by atoms with van der Waals surface area (Å²) < 4.78 is 0. The lowest BCUT2D eigenvalue weighted by molar-refractivity contribution is -0.138. The van der Waals surface area contributed by atoms with Crippen LogP contribution in [0, 0.1) is 0 Å². The maximum Gasteiger partial charge on any atom is 0.254 e. The summed E-state index contributed by atoms with van der Waals surface area (Å²) in [6, 6.07) is 2.51. The second-order valence-corrected chi connectivity index (χ2v) is 8.14. The third-order valence-corrected chi connectivity index (χ3v) is 6.06. The number of thioether (sulfide) groups is 2. The molecule has 26 heavy (non-hydrogen) atoms. The van der Waals surface area contributed by atoms with Crippen molar-refractivity contribution < 1.29 is 24.6 Å². The topological polar surface area (TPSA) is 98.2 Å². The molecule has 0 spiro atoms. The molecule has 9 heteroatoms. The Morgan fingerprint density at radius 1 is 1.35 bits per heavy atom. The molecule has 142 valence electrons. The van der Waals surface area contributed by atoms with Crippen LogP contribution in [0.2, 0.25) is 0 Å². The number of aromatic hydroxyl groups is 2. The Balaban J connectivity index is 2.12. The molecule has 1 fully saturated rings. The summed E-state index contributed by atoms with van der Waals surface area (Å²) in [7, 11) is 1.50. The number of hydrogen-bond donors (Lipinski definition) is 2. The fourth-order valence-corrected chi connectivity index (χ4v) is 4.49. The average Bonchev–Trinajstić information content (AvgIpc) is 3.11. The molecule has 2 N–H and O–H groups in total. The SMILES string of the molecule is CCSC(=O)C1CSCN1C(=O)C(C)N(C)C(=O)c1ccc(O)c(O)c1. The minimum Gasteiger partial charge on any atom is -0.504 e. The van der Waals surface area contributed by atoms with E-state index in [0.29, 0.717) is 17.4 Å². The molecule has 0 aromatic heterocycles. The fourth-order valence-electron chi connectivity index (χ4n) is 2.54. The lowest BCUT2D eigenvalue weighted by atomic mass is 10.1. The zero-order valence-electron chi connectivity index (χ0n) is 14.8. The number of benzene rings is 1. The second kappa shape index (κ2) is 8.68. The number of hydrogen-bond acceptors (Lipinski definition) is 7. The van der Waals surface area contributed by atoms with Crippen molar-refractivity contribution in [3.63, 3.8) is 0 Å². The summed E-state index contributed by atoms with van der Waals surface area (Å²) in [6.07, 6.45) is 0. The van der Waals surface area contributed by atoms with Crippen LogP contribution in [0.15, 0.2) is 18.2 Å².